The standard InChI is InChI=1S/C59H32N2O8S2/c62-53-41-19-33-15-7-8-16-34(33)20-42(41)54(63)51(53)60-49-25-37-23-45-39(27-47(37)70-49)40-28-48-38(26-50(71-48)61-52-55(64)43-21-35-17-9-10-18-36(35)22-44(43)56(52)65)24-46(40)59(45,57(66)68-29-31-11-3-1-4-12-31)58(67)69-30-32-13-5-2-6-14-32/h1-28H,29-30H2. The highest BCUT2D eigenvalue weighted by Crippen LogP contribution is 2.55. The number of fused-ring (bicyclic) bond motifs is 9. The third kappa shape index (κ3) is 6.67. The minimum Gasteiger partial charge on any atom is -0.459 e. The van der Waals surface area contributed by atoms with E-state index in [4.69, 9.17) is 9.47 Å². The first-order chi connectivity index (χ1) is 34.6. The number of benzene rings is 8. The van der Waals surface area contributed by atoms with Gasteiger partial charge in [0.2, 0.25) is 27.1 Å². The molecule has 0 N–H and O–H groups in total. The van der Waals surface area contributed by atoms with Gasteiger partial charge in [0, 0.05) is 30.9 Å². The van der Waals surface area contributed by atoms with Gasteiger partial charge in [0.1, 0.15) is 23.2 Å². The fraction of sp³-hybridized carbons (Fsp3) is 0.0508. The van der Waals surface area contributed by atoms with Crippen molar-refractivity contribution in [3.05, 3.63) is 244 Å². The fourth-order valence-electron chi connectivity index (χ4n) is 10.0. The Labute approximate surface area is 408 Å². The zero-order valence-corrected chi connectivity index (χ0v) is 38.7. The van der Waals surface area contributed by atoms with Crippen LogP contribution in [0.5, 0.6) is 0 Å². The Morgan fingerprint density at radius 1 is 0.408 bits per heavy atom. The predicted octanol–water partition coefficient (Wildman–Crippen LogP) is 10.1. The maximum Gasteiger partial charge on any atom is 0.333 e. The number of carbonyl (C=O) groups excluding carboxylic acids is 2. The number of carbonyl (C=O) groups is 2. The Morgan fingerprint density at radius 3 is 1.10 bits per heavy atom. The Kier molecular flexibility index (Phi) is 9.60. The summed E-state index contributed by atoms with van der Waals surface area (Å²) in [7, 11) is 0. The molecular formula is C59H32N2O8S2. The van der Waals surface area contributed by atoms with Gasteiger partial charge in [0.15, 0.2) is 10.7 Å². The Hall–Kier alpha value is -8.84. The lowest BCUT2D eigenvalue weighted by Gasteiger charge is -2.28. The minimum absolute atomic E-state index is 0.136. The van der Waals surface area contributed by atoms with Crippen molar-refractivity contribution in [1.82, 2.24) is 0 Å². The molecule has 0 atom stereocenters. The second-order valence-electron chi connectivity index (χ2n) is 17.6. The molecule has 0 aliphatic heterocycles. The summed E-state index contributed by atoms with van der Waals surface area (Å²) in [4.78, 5) is 95.0. The van der Waals surface area contributed by atoms with Gasteiger partial charge in [0.05, 0.1) is 0 Å². The molecule has 0 saturated heterocycles. The number of hydrogen-bond donors (Lipinski definition) is 0. The molecule has 338 valence electrons. The van der Waals surface area contributed by atoms with Crippen LogP contribution in [0.2, 0.25) is 0 Å². The largest absolute Gasteiger partial charge is 0.459 e. The summed E-state index contributed by atoms with van der Waals surface area (Å²) < 4.78 is 13.7. The molecule has 1 aliphatic rings. The minimum atomic E-state index is -2.15. The van der Waals surface area contributed by atoms with Gasteiger partial charge in [-0.05, 0) is 126 Å². The van der Waals surface area contributed by atoms with E-state index in [0.717, 1.165) is 21.5 Å². The summed E-state index contributed by atoms with van der Waals surface area (Å²) in [6.07, 6.45) is 0. The average molecular weight is 961 g/mol. The van der Waals surface area contributed by atoms with Crippen molar-refractivity contribution in [1.29, 1.82) is 0 Å². The SMILES string of the molecule is O=C(OCc1ccccc1)C1(C(=O)OCc2ccccc2)c2cc3cc(N=c4c(=O)c5cc6ccccc6cc5c4=O)sc3cc2-c2cc3sc(N=c4c(=O)c5cc6ccccc6cc5c4=O)cc3cc21. The molecule has 2 heterocycles. The highest BCUT2D eigenvalue weighted by Gasteiger charge is 2.58. The molecule has 10 nitrogen and oxygen atoms in total. The van der Waals surface area contributed by atoms with Crippen LogP contribution in [-0.4, -0.2) is 11.9 Å². The monoisotopic (exact) mass is 960 g/mol. The normalized spacial score (nSPS) is 12.8. The van der Waals surface area contributed by atoms with Crippen molar-refractivity contribution in [3.8, 4) is 11.1 Å². The third-order valence-corrected chi connectivity index (χ3v) is 15.5. The van der Waals surface area contributed by atoms with Gasteiger partial charge in [-0.2, -0.15) is 0 Å². The van der Waals surface area contributed by atoms with Crippen LogP contribution in [0.4, 0.5) is 10.0 Å². The van der Waals surface area contributed by atoms with E-state index in [1.165, 1.54) is 22.7 Å². The lowest BCUT2D eigenvalue weighted by atomic mass is 9.77. The van der Waals surface area contributed by atoms with E-state index in [-0.39, 0.29) is 23.9 Å². The highest BCUT2D eigenvalue weighted by molar-refractivity contribution is 7.23. The zero-order valence-electron chi connectivity index (χ0n) is 37.1. The van der Waals surface area contributed by atoms with E-state index >= 15 is 9.59 Å². The van der Waals surface area contributed by atoms with E-state index in [1.807, 2.05) is 121 Å². The number of ether oxygens (including phenoxy) is 2. The molecule has 0 spiro atoms. The van der Waals surface area contributed by atoms with Crippen LogP contribution in [0, 0.1) is 0 Å². The van der Waals surface area contributed by atoms with Crippen LogP contribution in [-0.2, 0) is 37.7 Å². The Morgan fingerprint density at radius 2 is 0.746 bits per heavy atom. The topological polar surface area (TPSA) is 146 Å². The average Bonchev–Trinajstić information content (AvgIpc) is 4.17. The van der Waals surface area contributed by atoms with Crippen LogP contribution in [0.1, 0.15) is 22.3 Å². The molecule has 0 amide bonds. The lowest BCUT2D eigenvalue weighted by Crippen LogP contribution is -2.45. The van der Waals surface area contributed by atoms with Gasteiger partial charge in [-0.15, -0.1) is 22.7 Å². The molecule has 12 heteroatoms. The molecule has 0 bridgehead atoms. The van der Waals surface area contributed by atoms with Crippen molar-refractivity contribution in [2.24, 2.45) is 9.98 Å². The molecule has 1 aliphatic carbocycles. The quantitative estimate of drug-likeness (QED) is 0.108. The Bertz CT molecular complexity index is 4180. The van der Waals surface area contributed by atoms with Gasteiger partial charge in [-0.1, -0.05) is 109 Å². The molecular weight excluding hydrogens is 929 g/mol. The zero-order chi connectivity index (χ0) is 48.1. The molecule has 0 radical (unpaired) electrons. The molecule has 12 aromatic rings. The second-order valence-corrected chi connectivity index (χ2v) is 19.8. The molecule has 71 heavy (non-hydrogen) atoms. The van der Waals surface area contributed by atoms with Crippen molar-refractivity contribution < 1.29 is 19.1 Å². The van der Waals surface area contributed by atoms with Gasteiger partial charge in [-0.3, -0.25) is 28.8 Å². The summed E-state index contributed by atoms with van der Waals surface area (Å²) in [6, 6.07) is 51.0. The first-order valence-electron chi connectivity index (χ1n) is 22.6. The summed E-state index contributed by atoms with van der Waals surface area (Å²) in [6.45, 7) is -0.272. The van der Waals surface area contributed by atoms with Gasteiger partial charge in [-0.25, -0.2) is 9.98 Å². The van der Waals surface area contributed by atoms with Gasteiger partial charge in [0.25, 0.3) is 0 Å². The van der Waals surface area contributed by atoms with Crippen molar-refractivity contribution >= 4 is 108 Å². The van der Waals surface area contributed by atoms with Crippen LogP contribution in [0.25, 0.3) is 74.4 Å². The smallest absolute Gasteiger partial charge is 0.333 e. The number of rotatable bonds is 8. The second kappa shape index (κ2) is 16.1. The number of esters is 2. The van der Waals surface area contributed by atoms with E-state index < -0.39 is 39.1 Å². The molecule has 10 aromatic carbocycles. The van der Waals surface area contributed by atoms with E-state index in [0.29, 0.717) is 85.1 Å². The van der Waals surface area contributed by atoms with Crippen molar-refractivity contribution in [3.63, 3.8) is 0 Å². The summed E-state index contributed by atoms with van der Waals surface area (Å²) in [5.41, 5.74) is -0.827. The van der Waals surface area contributed by atoms with Crippen LogP contribution >= 0.6 is 22.7 Å². The van der Waals surface area contributed by atoms with Gasteiger partial charge < -0.3 is 9.47 Å². The molecule has 0 fully saturated rings. The van der Waals surface area contributed by atoms with E-state index in [2.05, 4.69) is 9.98 Å². The molecule has 13 rings (SSSR count). The first kappa shape index (κ1) is 42.3. The van der Waals surface area contributed by atoms with E-state index in [9.17, 15) is 19.2 Å². The molecule has 0 unspecified atom stereocenters. The summed E-state index contributed by atoms with van der Waals surface area (Å²) >= 11 is 2.52. The van der Waals surface area contributed by atoms with Crippen LogP contribution in [0.15, 0.2) is 199 Å². The fourth-order valence-corrected chi connectivity index (χ4v) is 11.9. The van der Waals surface area contributed by atoms with Gasteiger partial charge >= 0.3 is 11.9 Å². The first-order valence-corrected chi connectivity index (χ1v) is 24.3. The van der Waals surface area contributed by atoms with Crippen molar-refractivity contribution in [2.45, 2.75) is 18.6 Å². The van der Waals surface area contributed by atoms with Crippen LogP contribution in [0.3, 0.4) is 0 Å². The molecule has 0 saturated carbocycles. The van der Waals surface area contributed by atoms with E-state index in [1.54, 1.807) is 48.5 Å². The third-order valence-electron chi connectivity index (χ3n) is 13.5. The summed E-state index contributed by atoms with van der Waals surface area (Å²) in [5, 5.41) is 6.12. The number of nitrogens with zero attached hydrogens (tertiary/aromatic N) is 2. The predicted molar refractivity (Wildman–Crippen MR) is 279 cm³/mol. The lowest BCUT2D eigenvalue weighted by molar-refractivity contribution is -0.164. The Balaban J connectivity index is 1.00. The molecule has 2 aromatic heterocycles. The van der Waals surface area contributed by atoms with Crippen LogP contribution < -0.4 is 32.4 Å². The summed E-state index contributed by atoms with van der Waals surface area (Å²) in [5.74, 6) is -1.71. The number of thiophene rings is 2. The highest BCUT2D eigenvalue weighted by atomic mass is 32.1. The maximum absolute atomic E-state index is 15.3. The maximum atomic E-state index is 15.3. The number of hydrogen-bond acceptors (Lipinski definition) is 12. The van der Waals surface area contributed by atoms with Crippen molar-refractivity contribution in [2.75, 3.05) is 0 Å².